The van der Waals surface area contributed by atoms with Crippen LogP contribution in [0.5, 0.6) is 5.75 Å². The second kappa shape index (κ2) is 8.86. The third kappa shape index (κ3) is 3.94. The molecule has 0 amide bonds. The summed E-state index contributed by atoms with van der Waals surface area (Å²) in [5, 5.41) is 4.56. The zero-order chi connectivity index (χ0) is 20.9. The molecular weight excluding hydrogens is 380 g/mol. The summed E-state index contributed by atoms with van der Waals surface area (Å²) in [5.41, 5.74) is 3.30. The molecule has 0 aliphatic rings. The van der Waals surface area contributed by atoms with Gasteiger partial charge in [-0.2, -0.15) is 5.10 Å². The van der Waals surface area contributed by atoms with Gasteiger partial charge in [0.2, 0.25) is 0 Å². The van der Waals surface area contributed by atoms with Crippen LogP contribution in [0.1, 0.15) is 37.9 Å². The van der Waals surface area contributed by atoms with Gasteiger partial charge in [0.05, 0.1) is 24.4 Å². The number of aromatic nitrogens is 6. The van der Waals surface area contributed by atoms with Crippen molar-refractivity contribution in [2.75, 3.05) is 6.61 Å². The first-order chi connectivity index (χ1) is 14.7. The molecule has 3 heterocycles. The van der Waals surface area contributed by atoms with E-state index in [1.165, 1.54) is 6.33 Å². The summed E-state index contributed by atoms with van der Waals surface area (Å²) in [6.45, 7) is 5.23. The van der Waals surface area contributed by atoms with Gasteiger partial charge >= 0.3 is 0 Å². The van der Waals surface area contributed by atoms with Crippen LogP contribution in [-0.2, 0) is 13.0 Å². The predicted octanol–water partition coefficient (Wildman–Crippen LogP) is 3.37. The highest BCUT2D eigenvalue weighted by Gasteiger charge is 2.18. The van der Waals surface area contributed by atoms with Crippen LogP contribution in [-0.4, -0.2) is 36.3 Å². The molecule has 8 heteroatoms. The maximum absolute atomic E-state index is 12.9. The van der Waals surface area contributed by atoms with Gasteiger partial charge in [-0.1, -0.05) is 32.4 Å². The highest BCUT2D eigenvalue weighted by Crippen LogP contribution is 2.28. The number of fused-ring (bicyclic) bond motifs is 1. The standard InChI is InChI=1S/C22H24N6O2/c1-3-7-17-19-20(27-28(17)13-15-11-23-14-24-12-15)22(29)26-21(25-19)16-8-5-6-9-18(16)30-10-4-2/h5-6,8-9,11-12,14H,3-4,7,10,13H2,1-2H3,(H,25,26,29). The van der Waals surface area contributed by atoms with E-state index < -0.39 is 0 Å². The Morgan fingerprint density at radius 2 is 1.87 bits per heavy atom. The number of nitrogens with zero attached hydrogens (tertiary/aromatic N) is 5. The molecule has 30 heavy (non-hydrogen) atoms. The van der Waals surface area contributed by atoms with Crippen LogP contribution < -0.4 is 10.3 Å². The van der Waals surface area contributed by atoms with E-state index in [0.717, 1.165) is 36.1 Å². The first kappa shape index (κ1) is 19.8. The van der Waals surface area contributed by atoms with Crippen LogP contribution in [0, 0.1) is 0 Å². The smallest absolute Gasteiger partial charge is 0.279 e. The summed E-state index contributed by atoms with van der Waals surface area (Å²) in [5.74, 6) is 1.19. The average Bonchev–Trinajstić information content (AvgIpc) is 3.11. The fourth-order valence-electron chi connectivity index (χ4n) is 3.39. The highest BCUT2D eigenvalue weighted by atomic mass is 16.5. The van der Waals surface area contributed by atoms with Gasteiger partial charge in [0.1, 0.15) is 23.4 Å². The minimum atomic E-state index is -0.263. The first-order valence-electron chi connectivity index (χ1n) is 10.2. The fourth-order valence-corrected chi connectivity index (χ4v) is 3.39. The second-order valence-corrected chi connectivity index (χ2v) is 7.06. The second-order valence-electron chi connectivity index (χ2n) is 7.06. The lowest BCUT2D eigenvalue weighted by Crippen LogP contribution is -2.10. The summed E-state index contributed by atoms with van der Waals surface area (Å²) >= 11 is 0. The molecule has 8 nitrogen and oxygen atoms in total. The average molecular weight is 404 g/mol. The Morgan fingerprint density at radius 3 is 2.63 bits per heavy atom. The number of H-pyrrole nitrogens is 1. The molecule has 4 rings (SSSR count). The SMILES string of the molecule is CCCOc1ccccc1-c1nc2c(CCC)n(Cc3cncnc3)nc2c(=O)[nH]1. The monoisotopic (exact) mass is 404 g/mol. The van der Waals surface area contributed by atoms with Crippen molar-refractivity contribution < 1.29 is 4.74 Å². The number of aryl methyl sites for hydroxylation is 1. The van der Waals surface area contributed by atoms with Gasteiger partial charge in [0, 0.05) is 18.0 Å². The lowest BCUT2D eigenvalue weighted by atomic mass is 10.1. The molecule has 1 aromatic carbocycles. The molecular formula is C22H24N6O2. The molecule has 0 saturated carbocycles. The zero-order valence-corrected chi connectivity index (χ0v) is 17.1. The third-order valence-corrected chi connectivity index (χ3v) is 4.74. The molecule has 0 atom stereocenters. The first-order valence-corrected chi connectivity index (χ1v) is 10.2. The molecule has 0 saturated heterocycles. The third-order valence-electron chi connectivity index (χ3n) is 4.74. The zero-order valence-electron chi connectivity index (χ0n) is 17.1. The van der Waals surface area contributed by atoms with Gasteiger partial charge in [0.25, 0.3) is 5.56 Å². The van der Waals surface area contributed by atoms with E-state index in [9.17, 15) is 4.79 Å². The van der Waals surface area contributed by atoms with E-state index in [0.29, 0.717) is 35.8 Å². The molecule has 0 spiro atoms. The molecule has 0 aliphatic heterocycles. The molecule has 1 N–H and O–H groups in total. The summed E-state index contributed by atoms with van der Waals surface area (Å²) in [4.78, 5) is 28.7. The van der Waals surface area contributed by atoms with Gasteiger partial charge in [-0.05, 0) is 25.0 Å². The van der Waals surface area contributed by atoms with Crippen molar-refractivity contribution in [1.29, 1.82) is 0 Å². The Balaban J connectivity index is 1.84. The molecule has 3 aromatic heterocycles. The minimum Gasteiger partial charge on any atom is -0.493 e. The largest absolute Gasteiger partial charge is 0.493 e. The maximum Gasteiger partial charge on any atom is 0.279 e. The van der Waals surface area contributed by atoms with Gasteiger partial charge in [-0.15, -0.1) is 0 Å². The number of hydrogen-bond donors (Lipinski definition) is 1. The quantitative estimate of drug-likeness (QED) is 0.483. The maximum atomic E-state index is 12.9. The Kier molecular flexibility index (Phi) is 5.83. The van der Waals surface area contributed by atoms with Crippen LogP contribution in [0.2, 0.25) is 0 Å². The topological polar surface area (TPSA) is 98.6 Å². The number of nitrogens with one attached hydrogen (secondary N) is 1. The Labute approximate surface area is 174 Å². The Hall–Kier alpha value is -3.55. The summed E-state index contributed by atoms with van der Waals surface area (Å²) < 4.78 is 7.69. The van der Waals surface area contributed by atoms with Gasteiger partial charge in [-0.3, -0.25) is 9.48 Å². The van der Waals surface area contributed by atoms with Gasteiger partial charge in [-0.25, -0.2) is 15.0 Å². The van der Waals surface area contributed by atoms with Crippen molar-refractivity contribution >= 4 is 11.0 Å². The predicted molar refractivity (Wildman–Crippen MR) is 114 cm³/mol. The normalized spacial score (nSPS) is 11.1. The van der Waals surface area contributed by atoms with Crippen LogP contribution in [0.15, 0.2) is 47.8 Å². The molecule has 154 valence electrons. The lowest BCUT2D eigenvalue weighted by Gasteiger charge is -2.10. The Morgan fingerprint density at radius 1 is 1.07 bits per heavy atom. The van der Waals surface area contributed by atoms with E-state index in [2.05, 4.69) is 33.9 Å². The van der Waals surface area contributed by atoms with Crippen molar-refractivity contribution in [3.05, 3.63) is 64.6 Å². The van der Waals surface area contributed by atoms with Crippen LogP contribution in [0.3, 0.4) is 0 Å². The van der Waals surface area contributed by atoms with Crippen molar-refractivity contribution in [2.45, 2.75) is 39.7 Å². The van der Waals surface area contributed by atoms with Crippen LogP contribution >= 0.6 is 0 Å². The lowest BCUT2D eigenvalue weighted by molar-refractivity contribution is 0.318. The highest BCUT2D eigenvalue weighted by molar-refractivity contribution is 5.79. The van der Waals surface area contributed by atoms with E-state index in [4.69, 9.17) is 9.72 Å². The molecule has 0 bridgehead atoms. The fraction of sp³-hybridized carbons (Fsp3) is 0.318. The van der Waals surface area contributed by atoms with E-state index >= 15 is 0 Å². The van der Waals surface area contributed by atoms with Crippen molar-refractivity contribution in [2.24, 2.45) is 0 Å². The van der Waals surface area contributed by atoms with E-state index in [-0.39, 0.29) is 5.56 Å². The minimum absolute atomic E-state index is 0.263. The number of benzene rings is 1. The van der Waals surface area contributed by atoms with E-state index in [1.54, 1.807) is 12.4 Å². The number of rotatable bonds is 8. The van der Waals surface area contributed by atoms with Gasteiger partial charge in [0.15, 0.2) is 5.52 Å². The molecule has 4 aromatic rings. The number of ether oxygens (including phenoxy) is 1. The van der Waals surface area contributed by atoms with Gasteiger partial charge < -0.3 is 9.72 Å². The van der Waals surface area contributed by atoms with Crippen molar-refractivity contribution in [3.63, 3.8) is 0 Å². The van der Waals surface area contributed by atoms with E-state index in [1.807, 2.05) is 28.9 Å². The summed E-state index contributed by atoms with van der Waals surface area (Å²) in [7, 11) is 0. The van der Waals surface area contributed by atoms with Crippen LogP contribution in [0.4, 0.5) is 0 Å². The van der Waals surface area contributed by atoms with Crippen molar-refractivity contribution in [1.82, 2.24) is 29.7 Å². The molecule has 0 radical (unpaired) electrons. The number of hydrogen-bond acceptors (Lipinski definition) is 6. The molecule has 0 aliphatic carbocycles. The molecule has 0 fully saturated rings. The molecule has 0 unspecified atom stereocenters. The summed E-state index contributed by atoms with van der Waals surface area (Å²) in [6.07, 6.45) is 7.56. The Bertz CT molecular complexity index is 1200. The van der Waals surface area contributed by atoms with Crippen LogP contribution in [0.25, 0.3) is 22.4 Å². The summed E-state index contributed by atoms with van der Waals surface area (Å²) in [6, 6.07) is 7.61. The number of para-hydroxylation sites is 1. The number of aromatic amines is 1. The van der Waals surface area contributed by atoms with Crippen molar-refractivity contribution in [3.8, 4) is 17.1 Å².